The van der Waals surface area contributed by atoms with E-state index < -0.39 is 0 Å². The topological polar surface area (TPSA) is 82.2 Å². The number of amides is 1. The van der Waals surface area contributed by atoms with Gasteiger partial charge in [-0.15, -0.1) is 0 Å². The molecule has 6 heteroatoms. The van der Waals surface area contributed by atoms with Crippen molar-refractivity contribution in [2.75, 3.05) is 18.9 Å². The summed E-state index contributed by atoms with van der Waals surface area (Å²) in [6.45, 7) is 3.71. The minimum absolute atomic E-state index is 0.00677. The molecule has 0 bridgehead atoms. The van der Waals surface area contributed by atoms with Crippen molar-refractivity contribution < 1.29 is 9.53 Å². The van der Waals surface area contributed by atoms with Crippen molar-refractivity contribution in [1.29, 1.82) is 0 Å². The monoisotopic (exact) mass is 238 g/mol. The van der Waals surface area contributed by atoms with Crippen LogP contribution in [0.2, 0.25) is 0 Å². The number of carbonyl (C=O) groups is 1. The Morgan fingerprint density at radius 3 is 3.18 bits per heavy atom. The van der Waals surface area contributed by atoms with Crippen LogP contribution in [0.5, 0.6) is 0 Å². The van der Waals surface area contributed by atoms with Gasteiger partial charge < -0.3 is 15.8 Å². The molecule has 1 aliphatic heterocycles. The quantitative estimate of drug-likeness (QED) is 0.774. The highest BCUT2D eigenvalue weighted by molar-refractivity contribution is 5.79. The van der Waals surface area contributed by atoms with Gasteiger partial charge in [-0.3, -0.25) is 9.48 Å². The van der Waals surface area contributed by atoms with E-state index in [1.165, 1.54) is 0 Å². The van der Waals surface area contributed by atoms with Crippen LogP contribution in [0.4, 0.5) is 5.69 Å². The van der Waals surface area contributed by atoms with Gasteiger partial charge in [0.2, 0.25) is 5.91 Å². The predicted molar refractivity (Wildman–Crippen MR) is 63.2 cm³/mol. The molecule has 1 saturated heterocycles. The van der Waals surface area contributed by atoms with Crippen molar-refractivity contribution in [2.45, 2.75) is 26.0 Å². The van der Waals surface area contributed by atoms with Gasteiger partial charge in [-0.25, -0.2) is 0 Å². The maximum Gasteiger partial charge on any atom is 0.225 e. The summed E-state index contributed by atoms with van der Waals surface area (Å²) in [5.74, 6) is 0.0576. The largest absolute Gasteiger partial charge is 0.396 e. The number of nitrogens with zero attached hydrogens (tertiary/aromatic N) is 2. The van der Waals surface area contributed by atoms with E-state index in [4.69, 9.17) is 10.5 Å². The molecule has 0 radical (unpaired) electrons. The van der Waals surface area contributed by atoms with Crippen LogP contribution in [0.15, 0.2) is 12.4 Å². The highest BCUT2D eigenvalue weighted by atomic mass is 16.5. The summed E-state index contributed by atoms with van der Waals surface area (Å²) in [4.78, 5) is 11.7. The molecule has 94 valence electrons. The van der Waals surface area contributed by atoms with Crippen molar-refractivity contribution in [3.8, 4) is 0 Å². The van der Waals surface area contributed by atoms with Crippen LogP contribution in [0, 0.1) is 5.92 Å². The van der Waals surface area contributed by atoms with E-state index >= 15 is 0 Å². The Morgan fingerprint density at radius 2 is 2.59 bits per heavy atom. The number of ether oxygens (including phenoxy) is 1. The molecule has 1 aromatic heterocycles. The van der Waals surface area contributed by atoms with Gasteiger partial charge in [-0.05, 0) is 13.3 Å². The lowest BCUT2D eigenvalue weighted by molar-refractivity contribution is -0.124. The number of nitrogens with two attached hydrogens (primary N) is 1. The van der Waals surface area contributed by atoms with Crippen LogP contribution in [-0.4, -0.2) is 34.9 Å². The standard InChI is InChI=1S/C11H18N4O2/c1-8-4-9(7-17-8)11(16)13-2-3-15-6-10(12)5-14-15/h5-6,8-9H,2-4,7,12H2,1H3,(H,13,16). The third-order valence-electron chi connectivity index (χ3n) is 2.86. The van der Waals surface area contributed by atoms with E-state index in [2.05, 4.69) is 10.4 Å². The smallest absolute Gasteiger partial charge is 0.225 e. The Kier molecular flexibility index (Phi) is 3.63. The number of nitrogens with one attached hydrogen (secondary N) is 1. The van der Waals surface area contributed by atoms with Crippen LogP contribution < -0.4 is 11.1 Å². The number of nitrogen functional groups attached to an aromatic ring is 1. The molecule has 3 N–H and O–H groups in total. The summed E-state index contributed by atoms with van der Waals surface area (Å²) in [6.07, 6.45) is 4.33. The van der Waals surface area contributed by atoms with Gasteiger partial charge in [-0.1, -0.05) is 0 Å². The molecular formula is C11H18N4O2. The van der Waals surface area contributed by atoms with Crippen LogP contribution in [0.25, 0.3) is 0 Å². The molecule has 0 aromatic carbocycles. The average Bonchev–Trinajstić information content (AvgIpc) is 2.88. The van der Waals surface area contributed by atoms with Crippen molar-refractivity contribution in [2.24, 2.45) is 5.92 Å². The van der Waals surface area contributed by atoms with Gasteiger partial charge in [0, 0.05) is 12.7 Å². The summed E-state index contributed by atoms with van der Waals surface area (Å²) in [5, 5.41) is 6.92. The highest BCUT2D eigenvalue weighted by Gasteiger charge is 2.27. The SMILES string of the molecule is CC1CC(C(=O)NCCn2cc(N)cn2)CO1. The maximum atomic E-state index is 11.7. The molecule has 1 aliphatic rings. The first-order chi connectivity index (χ1) is 8.15. The van der Waals surface area contributed by atoms with Gasteiger partial charge in [0.15, 0.2) is 0 Å². The third kappa shape index (κ3) is 3.20. The van der Waals surface area contributed by atoms with Gasteiger partial charge in [0.1, 0.15) is 0 Å². The molecule has 2 unspecified atom stereocenters. The highest BCUT2D eigenvalue weighted by Crippen LogP contribution is 2.18. The van der Waals surface area contributed by atoms with E-state index in [-0.39, 0.29) is 17.9 Å². The number of rotatable bonds is 4. The molecule has 1 fully saturated rings. The van der Waals surface area contributed by atoms with Crippen molar-refractivity contribution in [3.63, 3.8) is 0 Å². The minimum Gasteiger partial charge on any atom is -0.396 e. The molecule has 0 spiro atoms. The molecule has 1 amide bonds. The lowest BCUT2D eigenvalue weighted by Gasteiger charge is -2.09. The van der Waals surface area contributed by atoms with E-state index in [0.29, 0.717) is 25.4 Å². The molecule has 0 saturated carbocycles. The summed E-state index contributed by atoms with van der Waals surface area (Å²) < 4.78 is 7.07. The predicted octanol–water partition coefficient (Wildman–Crippen LogP) is 0.00650. The molecule has 2 atom stereocenters. The van der Waals surface area contributed by atoms with Gasteiger partial charge >= 0.3 is 0 Å². The molecular weight excluding hydrogens is 220 g/mol. The fourth-order valence-corrected chi connectivity index (χ4v) is 1.94. The fraction of sp³-hybridized carbons (Fsp3) is 0.636. The molecule has 2 heterocycles. The Labute approximate surface area is 100 Å². The fourth-order valence-electron chi connectivity index (χ4n) is 1.94. The Morgan fingerprint density at radius 1 is 1.76 bits per heavy atom. The van der Waals surface area contributed by atoms with Crippen molar-refractivity contribution in [3.05, 3.63) is 12.4 Å². The first-order valence-corrected chi connectivity index (χ1v) is 5.82. The Hall–Kier alpha value is -1.56. The van der Waals surface area contributed by atoms with Gasteiger partial charge in [0.25, 0.3) is 0 Å². The molecule has 17 heavy (non-hydrogen) atoms. The van der Waals surface area contributed by atoms with Crippen LogP contribution in [0.3, 0.4) is 0 Å². The lowest BCUT2D eigenvalue weighted by Crippen LogP contribution is -2.33. The van der Waals surface area contributed by atoms with E-state index in [9.17, 15) is 4.79 Å². The van der Waals surface area contributed by atoms with E-state index in [1.54, 1.807) is 17.1 Å². The lowest BCUT2D eigenvalue weighted by atomic mass is 10.1. The summed E-state index contributed by atoms with van der Waals surface area (Å²) >= 11 is 0. The van der Waals surface area contributed by atoms with Crippen LogP contribution in [0.1, 0.15) is 13.3 Å². The molecule has 0 aliphatic carbocycles. The first-order valence-electron chi connectivity index (χ1n) is 5.82. The normalized spacial score (nSPS) is 23.8. The first kappa shape index (κ1) is 11.9. The summed E-state index contributed by atoms with van der Waals surface area (Å²) in [5.41, 5.74) is 6.17. The zero-order valence-electron chi connectivity index (χ0n) is 9.93. The number of hydrogen-bond acceptors (Lipinski definition) is 4. The average molecular weight is 238 g/mol. The van der Waals surface area contributed by atoms with Crippen molar-refractivity contribution >= 4 is 11.6 Å². The van der Waals surface area contributed by atoms with Crippen LogP contribution in [-0.2, 0) is 16.1 Å². The Balaban J connectivity index is 1.70. The maximum absolute atomic E-state index is 11.7. The molecule has 2 rings (SSSR count). The second-order valence-electron chi connectivity index (χ2n) is 4.40. The summed E-state index contributed by atoms with van der Waals surface area (Å²) in [7, 11) is 0. The zero-order valence-corrected chi connectivity index (χ0v) is 9.93. The number of anilines is 1. The summed E-state index contributed by atoms with van der Waals surface area (Å²) in [6, 6.07) is 0. The number of hydrogen-bond donors (Lipinski definition) is 2. The zero-order chi connectivity index (χ0) is 12.3. The number of carbonyl (C=O) groups excluding carboxylic acids is 1. The van der Waals surface area contributed by atoms with E-state index in [1.807, 2.05) is 6.92 Å². The minimum atomic E-state index is -0.00677. The van der Waals surface area contributed by atoms with Gasteiger partial charge in [0.05, 0.1) is 37.1 Å². The van der Waals surface area contributed by atoms with Crippen LogP contribution >= 0.6 is 0 Å². The van der Waals surface area contributed by atoms with E-state index in [0.717, 1.165) is 6.42 Å². The Bertz CT molecular complexity index is 391. The van der Waals surface area contributed by atoms with Crippen molar-refractivity contribution in [1.82, 2.24) is 15.1 Å². The number of aromatic nitrogens is 2. The third-order valence-corrected chi connectivity index (χ3v) is 2.86. The molecule has 1 aromatic rings. The second-order valence-corrected chi connectivity index (χ2v) is 4.40. The molecule has 6 nitrogen and oxygen atoms in total. The second kappa shape index (κ2) is 5.18. The van der Waals surface area contributed by atoms with Gasteiger partial charge in [-0.2, -0.15) is 5.10 Å².